The Labute approximate surface area is 186 Å². The van der Waals surface area contributed by atoms with Crippen molar-refractivity contribution in [2.75, 3.05) is 39.3 Å². The molecule has 4 rings (SSSR count). The van der Waals surface area contributed by atoms with E-state index in [1.54, 1.807) is 12.4 Å². The van der Waals surface area contributed by atoms with Crippen molar-refractivity contribution in [1.29, 1.82) is 0 Å². The van der Waals surface area contributed by atoms with E-state index in [2.05, 4.69) is 14.9 Å². The Morgan fingerprint density at radius 3 is 2.68 bits per heavy atom. The Hall–Kier alpha value is -2.55. The zero-order valence-electron chi connectivity index (χ0n) is 17.2. The summed E-state index contributed by atoms with van der Waals surface area (Å²) in [4.78, 5) is 37.1. The molecule has 2 fully saturated rings. The van der Waals surface area contributed by atoms with Gasteiger partial charge in [0.1, 0.15) is 6.10 Å². The highest BCUT2D eigenvalue weighted by Gasteiger charge is 2.30. The molecule has 1 aromatic heterocycles. The monoisotopic (exact) mass is 443 g/mol. The predicted octanol–water partition coefficient (Wildman–Crippen LogP) is 1.89. The van der Waals surface area contributed by atoms with Gasteiger partial charge in [-0.1, -0.05) is 23.7 Å². The van der Waals surface area contributed by atoms with Crippen LogP contribution in [0.15, 0.2) is 36.7 Å². The minimum Gasteiger partial charge on any atom is -0.369 e. The molecule has 2 aromatic rings. The van der Waals surface area contributed by atoms with Crippen molar-refractivity contribution in [3.63, 3.8) is 0 Å². The van der Waals surface area contributed by atoms with Gasteiger partial charge in [0.05, 0.1) is 24.5 Å². The van der Waals surface area contributed by atoms with Gasteiger partial charge in [-0.05, 0) is 25.0 Å². The van der Waals surface area contributed by atoms with E-state index in [0.717, 1.165) is 17.0 Å². The van der Waals surface area contributed by atoms with Gasteiger partial charge in [0.25, 0.3) is 0 Å². The van der Waals surface area contributed by atoms with Gasteiger partial charge >= 0.3 is 0 Å². The third-order valence-corrected chi connectivity index (χ3v) is 6.12. The summed E-state index contributed by atoms with van der Waals surface area (Å²) in [7, 11) is 0. The Morgan fingerprint density at radius 2 is 1.94 bits per heavy atom. The first-order valence-corrected chi connectivity index (χ1v) is 10.9. The summed E-state index contributed by atoms with van der Waals surface area (Å²) < 4.78 is 6.00. The third-order valence-electron chi connectivity index (χ3n) is 5.89. The molecule has 0 saturated carbocycles. The number of piperidine rings is 1. The molecule has 2 amide bonds. The van der Waals surface area contributed by atoms with Crippen LogP contribution in [0.3, 0.4) is 0 Å². The minimum absolute atomic E-state index is 0.0674. The summed E-state index contributed by atoms with van der Waals surface area (Å²) in [6.07, 6.45) is 4.29. The normalized spacial score (nSPS) is 20.5. The maximum atomic E-state index is 12.8. The lowest BCUT2D eigenvalue weighted by molar-refractivity contribution is -0.137. The van der Waals surface area contributed by atoms with Gasteiger partial charge in [0.2, 0.25) is 11.8 Å². The SMILES string of the molecule is NC(=O)C1CCN(C(=O)CN2CCO[C@@H](c3nccnc3-c3cccc(Cl)c3)C2)CC1. The standard InChI is InChI=1S/C22H26ClN5O3/c23-17-3-1-2-16(12-17)20-21(26-7-6-25-20)18-13-27(10-11-31-18)14-19(29)28-8-4-15(5-9-28)22(24)30/h1-3,6-7,12,15,18H,4-5,8-11,13-14H2,(H2,24,30)/t18-/m1/s1. The predicted molar refractivity (Wildman–Crippen MR) is 116 cm³/mol. The molecular formula is C22H26ClN5O3. The molecule has 0 aliphatic carbocycles. The van der Waals surface area contributed by atoms with Gasteiger partial charge in [-0.3, -0.25) is 24.5 Å². The molecule has 31 heavy (non-hydrogen) atoms. The number of benzene rings is 1. The molecule has 2 saturated heterocycles. The number of hydrogen-bond donors (Lipinski definition) is 1. The number of aromatic nitrogens is 2. The summed E-state index contributed by atoms with van der Waals surface area (Å²) in [5, 5.41) is 0.631. The summed E-state index contributed by atoms with van der Waals surface area (Å²) in [6, 6.07) is 7.50. The Balaban J connectivity index is 1.42. The highest BCUT2D eigenvalue weighted by atomic mass is 35.5. The fourth-order valence-corrected chi connectivity index (χ4v) is 4.35. The molecule has 1 atom stereocenters. The number of likely N-dealkylation sites (tertiary alicyclic amines) is 1. The van der Waals surface area contributed by atoms with Crippen LogP contribution in [0.5, 0.6) is 0 Å². The largest absolute Gasteiger partial charge is 0.369 e. The summed E-state index contributed by atoms with van der Waals surface area (Å²) >= 11 is 6.16. The van der Waals surface area contributed by atoms with E-state index >= 15 is 0 Å². The number of morpholine rings is 1. The van der Waals surface area contributed by atoms with E-state index in [4.69, 9.17) is 22.1 Å². The molecule has 8 nitrogen and oxygen atoms in total. The molecule has 3 heterocycles. The van der Waals surface area contributed by atoms with Gasteiger partial charge in [0.15, 0.2) is 0 Å². The van der Waals surface area contributed by atoms with Crippen LogP contribution in [0.2, 0.25) is 5.02 Å². The van der Waals surface area contributed by atoms with Crippen molar-refractivity contribution in [2.45, 2.75) is 18.9 Å². The summed E-state index contributed by atoms with van der Waals surface area (Å²) in [5.41, 5.74) is 7.74. The average molecular weight is 444 g/mol. The molecule has 0 spiro atoms. The number of ether oxygens (including phenoxy) is 1. The Kier molecular flexibility index (Phi) is 6.80. The highest BCUT2D eigenvalue weighted by Crippen LogP contribution is 2.30. The van der Waals surface area contributed by atoms with Gasteiger partial charge < -0.3 is 15.4 Å². The van der Waals surface area contributed by atoms with Crippen LogP contribution in [0.4, 0.5) is 0 Å². The molecule has 1 aromatic carbocycles. The second-order valence-corrected chi connectivity index (χ2v) is 8.39. The number of carbonyl (C=O) groups excluding carboxylic acids is 2. The minimum atomic E-state index is -0.287. The number of nitrogens with two attached hydrogens (primary N) is 1. The number of halogens is 1. The van der Waals surface area contributed by atoms with Crippen LogP contribution in [-0.4, -0.2) is 70.9 Å². The van der Waals surface area contributed by atoms with Crippen LogP contribution in [0.1, 0.15) is 24.6 Å². The van der Waals surface area contributed by atoms with Crippen LogP contribution >= 0.6 is 11.6 Å². The highest BCUT2D eigenvalue weighted by molar-refractivity contribution is 6.30. The van der Waals surface area contributed by atoms with Gasteiger partial charge in [-0.15, -0.1) is 0 Å². The lowest BCUT2D eigenvalue weighted by Gasteiger charge is -2.35. The van der Waals surface area contributed by atoms with Crippen LogP contribution in [0, 0.1) is 5.92 Å². The van der Waals surface area contributed by atoms with Gasteiger partial charge in [0, 0.05) is 55.1 Å². The summed E-state index contributed by atoms with van der Waals surface area (Å²) in [6.45, 7) is 3.19. The molecule has 2 aliphatic heterocycles. The first kappa shape index (κ1) is 21.7. The van der Waals surface area contributed by atoms with Gasteiger partial charge in [-0.25, -0.2) is 0 Å². The zero-order valence-corrected chi connectivity index (χ0v) is 18.0. The Morgan fingerprint density at radius 1 is 1.16 bits per heavy atom. The molecule has 2 aliphatic rings. The topological polar surface area (TPSA) is 102 Å². The maximum absolute atomic E-state index is 12.8. The van der Waals surface area contributed by atoms with E-state index < -0.39 is 0 Å². The van der Waals surface area contributed by atoms with Crippen molar-refractivity contribution in [3.8, 4) is 11.3 Å². The average Bonchev–Trinajstić information content (AvgIpc) is 2.79. The smallest absolute Gasteiger partial charge is 0.236 e. The van der Waals surface area contributed by atoms with Crippen LogP contribution < -0.4 is 5.73 Å². The van der Waals surface area contributed by atoms with Crippen molar-refractivity contribution in [2.24, 2.45) is 11.7 Å². The third kappa shape index (κ3) is 5.20. The van der Waals surface area contributed by atoms with Crippen molar-refractivity contribution < 1.29 is 14.3 Å². The second kappa shape index (κ2) is 9.72. The molecule has 0 radical (unpaired) electrons. The lowest BCUT2D eigenvalue weighted by Crippen LogP contribution is -2.48. The van der Waals surface area contributed by atoms with Crippen molar-refractivity contribution >= 4 is 23.4 Å². The number of nitrogens with zero attached hydrogens (tertiary/aromatic N) is 4. The van der Waals surface area contributed by atoms with Gasteiger partial charge in [-0.2, -0.15) is 0 Å². The molecule has 0 bridgehead atoms. The second-order valence-electron chi connectivity index (χ2n) is 7.95. The van der Waals surface area contributed by atoms with Crippen LogP contribution in [0.25, 0.3) is 11.3 Å². The number of carbonyl (C=O) groups is 2. The summed E-state index contributed by atoms with van der Waals surface area (Å²) in [5.74, 6) is -0.334. The van der Waals surface area contributed by atoms with Crippen molar-refractivity contribution in [3.05, 3.63) is 47.4 Å². The number of amides is 2. The molecular weight excluding hydrogens is 418 g/mol. The first-order valence-electron chi connectivity index (χ1n) is 10.5. The maximum Gasteiger partial charge on any atom is 0.236 e. The van der Waals surface area contributed by atoms with Crippen LogP contribution in [-0.2, 0) is 14.3 Å². The first-order chi connectivity index (χ1) is 15.0. The number of rotatable bonds is 5. The lowest BCUT2D eigenvalue weighted by atomic mass is 9.96. The van der Waals surface area contributed by atoms with E-state index in [1.807, 2.05) is 29.2 Å². The molecule has 2 N–H and O–H groups in total. The Bertz CT molecular complexity index is 948. The fourth-order valence-electron chi connectivity index (χ4n) is 4.16. The number of hydrogen-bond acceptors (Lipinski definition) is 6. The molecule has 0 unspecified atom stereocenters. The van der Waals surface area contributed by atoms with E-state index in [9.17, 15) is 9.59 Å². The number of primary amides is 1. The van der Waals surface area contributed by atoms with E-state index in [0.29, 0.717) is 57.2 Å². The zero-order chi connectivity index (χ0) is 21.8. The molecule has 164 valence electrons. The van der Waals surface area contributed by atoms with Crippen molar-refractivity contribution in [1.82, 2.24) is 19.8 Å². The van der Waals surface area contributed by atoms with E-state index in [1.165, 1.54) is 0 Å². The quantitative estimate of drug-likeness (QED) is 0.757. The van der Waals surface area contributed by atoms with E-state index in [-0.39, 0.29) is 23.8 Å². The fraction of sp³-hybridized carbons (Fsp3) is 0.455. The molecule has 9 heteroatoms.